The molecule has 6 heteroatoms. The van der Waals surface area contributed by atoms with E-state index in [0.29, 0.717) is 11.5 Å². The number of carbonyl (C=O) groups is 1. The average Bonchev–Trinajstić information content (AvgIpc) is 2.37. The molecule has 2 aromatic heterocycles. The summed E-state index contributed by atoms with van der Waals surface area (Å²) in [6.45, 7) is 1.71. The highest BCUT2D eigenvalue weighted by atomic mass is 79.9. The molecule has 2 rings (SSSR count). The predicted molar refractivity (Wildman–Crippen MR) is 69.2 cm³/mol. The lowest BCUT2D eigenvalue weighted by molar-refractivity contribution is 0.0694. The second-order valence-corrected chi connectivity index (χ2v) is 4.43. The minimum atomic E-state index is -1.26. The van der Waals surface area contributed by atoms with Crippen molar-refractivity contribution in [2.45, 2.75) is 6.92 Å². The van der Waals surface area contributed by atoms with Gasteiger partial charge >= 0.3 is 5.97 Å². The third kappa shape index (κ3) is 2.06. The van der Waals surface area contributed by atoms with Crippen molar-refractivity contribution < 1.29 is 9.90 Å². The fraction of sp³-hybridized carbons (Fsp3) is 0.0833. The van der Waals surface area contributed by atoms with Crippen molar-refractivity contribution in [1.29, 1.82) is 0 Å². The molecular weight excluding hydrogens is 300 g/mol. The van der Waals surface area contributed by atoms with Gasteiger partial charge in [0.05, 0.1) is 4.47 Å². The Kier molecular flexibility index (Phi) is 3.29. The molecule has 0 unspecified atom stereocenters. The maximum absolute atomic E-state index is 11.8. The zero-order valence-electron chi connectivity index (χ0n) is 9.42. The Morgan fingerprint density at radius 1 is 1.44 bits per heavy atom. The number of aromatic nitrogens is 2. The van der Waals surface area contributed by atoms with Crippen molar-refractivity contribution in [3.8, 4) is 5.82 Å². The van der Waals surface area contributed by atoms with Gasteiger partial charge in [-0.2, -0.15) is 0 Å². The third-order valence-electron chi connectivity index (χ3n) is 2.51. The van der Waals surface area contributed by atoms with Crippen LogP contribution in [0.2, 0.25) is 0 Å². The number of carboxylic acid groups (broad SMARTS) is 1. The molecule has 0 aliphatic heterocycles. The number of carboxylic acids is 1. The number of halogens is 1. The maximum Gasteiger partial charge on any atom is 0.341 e. The lowest BCUT2D eigenvalue weighted by Gasteiger charge is -2.12. The normalized spacial score (nSPS) is 10.3. The number of hydrogen-bond donors (Lipinski definition) is 1. The van der Waals surface area contributed by atoms with Crippen LogP contribution in [0.1, 0.15) is 16.1 Å². The van der Waals surface area contributed by atoms with Gasteiger partial charge in [-0.15, -0.1) is 0 Å². The summed E-state index contributed by atoms with van der Waals surface area (Å²) in [7, 11) is 0. The Balaban J connectivity index is 2.77. The Bertz CT molecular complexity index is 665. The topological polar surface area (TPSA) is 72.2 Å². The van der Waals surface area contributed by atoms with E-state index < -0.39 is 11.4 Å². The standard InChI is InChI=1S/C12H9BrN2O3/c1-7-10(13)11(16)8(12(17)18)6-15(7)9-4-2-3-5-14-9/h2-6H,1H3,(H,17,18). The van der Waals surface area contributed by atoms with Crippen molar-refractivity contribution in [3.05, 3.63) is 56.5 Å². The summed E-state index contributed by atoms with van der Waals surface area (Å²) >= 11 is 3.12. The second kappa shape index (κ2) is 4.73. The summed E-state index contributed by atoms with van der Waals surface area (Å²) in [6.07, 6.45) is 2.88. The van der Waals surface area contributed by atoms with Gasteiger partial charge in [-0.05, 0) is 35.0 Å². The molecule has 0 aliphatic carbocycles. The van der Waals surface area contributed by atoms with Gasteiger partial charge in [-0.25, -0.2) is 9.78 Å². The predicted octanol–water partition coefficient (Wildman–Crippen LogP) is 2.00. The average molecular weight is 309 g/mol. The Labute approximate surface area is 111 Å². The van der Waals surface area contributed by atoms with Crippen LogP contribution >= 0.6 is 15.9 Å². The molecule has 0 atom stereocenters. The summed E-state index contributed by atoms with van der Waals surface area (Å²) in [5.74, 6) is -0.705. The van der Waals surface area contributed by atoms with E-state index in [4.69, 9.17) is 5.11 Å². The molecule has 2 aromatic rings. The first-order chi connectivity index (χ1) is 8.52. The van der Waals surface area contributed by atoms with E-state index in [1.807, 2.05) is 0 Å². The molecule has 0 spiro atoms. The number of rotatable bonds is 2. The summed E-state index contributed by atoms with van der Waals surface area (Å²) in [5, 5.41) is 9.00. The van der Waals surface area contributed by atoms with Crippen LogP contribution in [0.4, 0.5) is 0 Å². The van der Waals surface area contributed by atoms with Crippen LogP contribution < -0.4 is 5.43 Å². The van der Waals surface area contributed by atoms with Crippen LogP contribution in [-0.2, 0) is 0 Å². The van der Waals surface area contributed by atoms with Gasteiger partial charge < -0.3 is 9.67 Å². The van der Waals surface area contributed by atoms with E-state index >= 15 is 0 Å². The van der Waals surface area contributed by atoms with Crippen molar-refractivity contribution in [3.63, 3.8) is 0 Å². The molecule has 2 heterocycles. The number of pyridine rings is 2. The molecule has 1 N–H and O–H groups in total. The van der Waals surface area contributed by atoms with E-state index in [9.17, 15) is 9.59 Å². The highest BCUT2D eigenvalue weighted by Crippen LogP contribution is 2.16. The highest BCUT2D eigenvalue weighted by molar-refractivity contribution is 9.10. The first kappa shape index (κ1) is 12.5. The minimum absolute atomic E-state index is 0.230. The van der Waals surface area contributed by atoms with Crippen LogP contribution in [0, 0.1) is 6.92 Å². The number of hydrogen-bond acceptors (Lipinski definition) is 3. The molecular formula is C12H9BrN2O3. The van der Waals surface area contributed by atoms with Crippen LogP contribution in [0.15, 0.2) is 39.9 Å². The van der Waals surface area contributed by atoms with Gasteiger partial charge in [-0.3, -0.25) is 4.79 Å². The maximum atomic E-state index is 11.8. The lowest BCUT2D eigenvalue weighted by atomic mass is 10.2. The van der Waals surface area contributed by atoms with E-state index in [0.717, 1.165) is 0 Å². The smallest absolute Gasteiger partial charge is 0.341 e. The third-order valence-corrected chi connectivity index (χ3v) is 3.44. The molecule has 92 valence electrons. The second-order valence-electron chi connectivity index (χ2n) is 3.63. The molecule has 0 saturated heterocycles. The van der Waals surface area contributed by atoms with E-state index in [-0.39, 0.29) is 10.0 Å². The van der Waals surface area contributed by atoms with Crippen LogP contribution in [-0.4, -0.2) is 20.6 Å². The Morgan fingerprint density at radius 2 is 2.17 bits per heavy atom. The fourth-order valence-electron chi connectivity index (χ4n) is 1.56. The van der Waals surface area contributed by atoms with Gasteiger partial charge in [0, 0.05) is 18.1 Å². The molecule has 0 fully saturated rings. The zero-order valence-corrected chi connectivity index (χ0v) is 11.0. The van der Waals surface area contributed by atoms with Gasteiger partial charge in [-0.1, -0.05) is 6.07 Å². The number of aromatic carboxylic acids is 1. The quantitative estimate of drug-likeness (QED) is 0.921. The molecule has 5 nitrogen and oxygen atoms in total. The SMILES string of the molecule is Cc1c(Br)c(=O)c(C(=O)O)cn1-c1ccccn1. The van der Waals surface area contributed by atoms with Gasteiger partial charge in [0.15, 0.2) is 0 Å². The van der Waals surface area contributed by atoms with E-state index in [2.05, 4.69) is 20.9 Å². The first-order valence-corrected chi connectivity index (χ1v) is 5.88. The number of nitrogens with zero attached hydrogens (tertiary/aromatic N) is 2. The van der Waals surface area contributed by atoms with Crippen LogP contribution in [0.3, 0.4) is 0 Å². The van der Waals surface area contributed by atoms with Crippen molar-refractivity contribution >= 4 is 21.9 Å². The van der Waals surface area contributed by atoms with Crippen molar-refractivity contribution in [2.24, 2.45) is 0 Å². The Morgan fingerprint density at radius 3 is 2.72 bits per heavy atom. The summed E-state index contributed by atoms with van der Waals surface area (Å²) < 4.78 is 1.79. The molecule has 0 saturated carbocycles. The lowest BCUT2D eigenvalue weighted by Crippen LogP contribution is -2.20. The van der Waals surface area contributed by atoms with Crippen LogP contribution in [0.25, 0.3) is 5.82 Å². The molecule has 18 heavy (non-hydrogen) atoms. The molecule has 0 amide bonds. The van der Waals surface area contributed by atoms with E-state index in [1.54, 1.807) is 35.9 Å². The molecule has 0 aromatic carbocycles. The monoisotopic (exact) mass is 308 g/mol. The Hall–Kier alpha value is -1.95. The van der Waals surface area contributed by atoms with Crippen molar-refractivity contribution in [1.82, 2.24) is 9.55 Å². The first-order valence-electron chi connectivity index (χ1n) is 5.09. The summed E-state index contributed by atoms with van der Waals surface area (Å²) in [5.41, 5.74) is -0.228. The van der Waals surface area contributed by atoms with Gasteiger partial charge in [0.2, 0.25) is 5.43 Å². The highest BCUT2D eigenvalue weighted by Gasteiger charge is 2.16. The summed E-state index contributed by atoms with van der Waals surface area (Å²) in [4.78, 5) is 26.9. The van der Waals surface area contributed by atoms with Gasteiger partial charge in [0.25, 0.3) is 0 Å². The van der Waals surface area contributed by atoms with E-state index in [1.165, 1.54) is 6.20 Å². The molecule has 0 bridgehead atoms. The molecule has 0 aliphatic rings. The summed E-state index contributed by atoms with van der Waals surface area (Å²) in [6, 6.07) is 5.28. The minimum Gasteiger partial charge on any atom is -0.477 e. The fourth-order valence-corrected chi connectivity index (χ4v) is 1.96. The van der Waals surface area contributed by atoms with Crippen LogP contribution in [0.5, 0.6) is 0 Å². The molecule has 0 radical (unpaired) electrons. The van der Waals surface area contributed by atoms with Crippen molar-refractivity contribution in [2.75, 3.05) is 0 Å². The largest absolute Gasteiger partial charge is 0.477 e. The van der Waals surface area contributed by atoms with Gasteiger partial charge in [0.1, 0.15) is 11.4 Å². The zero-order chi connectivity index (χ0) is 13.3.